The van der Waals surface area contributed by atoms with Crippen molar-refractivity contribution < 1.29 is 9.47 Å². The van der Waals surface area contributed by atoms with Crippen LogP contribution in [-0.2, 0) is 11.2 Å². The molecule has 17 heavy (non-hydrogen) atoms. The quantitative estimate of drug-likeness (QED) is 0.802. The SMILES string of the molecule is COc1ccc(CC2(C#N)COC2)c(C)c1C. The van der Waals surface area contributed by atoms with E-state index in [1.54, 1.807) is 7.11 Å². The number of hydrogen-bond acceptors (Lipinski definition) is 3. The van der Waals surface area contributed by atoms with Crippen LogP contribution in [0.5, 0.6) is 5.75 Å². The summed E-state index contributed by atoms with van der Waals surface area (Å²) in [6.45, 7) is 5.23. The molecule has 1 aromatic rings. The highest BCUT2D eigenvalue weighted by Gasteiger charge is 2.39. The van der Waals surface area contributed by atoms with Crippen LogP contribution >= 0.6 is 0 Å². The molecule has 3 heteroatoms. The van der Waals surface area contributed by atoms with E-state index in [1.807, 2.05) is 13.0 Å². The Morgan fingerprint density at radius 1 is 1.35 bits per heavy atom. The molecule has 0 N–H and O–H groups in total. The monoisotopic (exact) mass is 231 g/mol. The molecular weight excluding hydrogens is 214 g/mol. The Kier molecular flexibility index (Phi) is 3.08. The molecule has 3 nitrogen and oxygen atoms in total. The highest BCUT2D eigenvalue weighted by Crippen LogP contribution is 2.34. The minimum atomic E-state index is -0.314. The smallest absolute Gasteiger partial charge is 0.122 e. The Bertz CT molecular complexity index is 470. The average Bonchev–Trinajstić information content (AvgIpc) is 2.29. The van der Waals surface area contributed by atoms with Gasteiger partial charge in [-0.1, -0.05) is 6.07 Å². The van der Waals surface area contributed by atoms with Crippen molar-refractivity contribution in [1.29, 1.82) is 5.26 Å². The first-order valence-electron chi connectivity index (χ1n) is 5.74. The zero-order valence-corrected chi connectivity index (χ0v) is 10.5. The van der Waals surface area contributed by atoms with Crippen LogP contribution < -0.4 is 4.74 Å². The number of benzene rings is 1. The van der Waals surface area contributed by atoms with Gasteiger partial charge in [-0.2, -0.15) is 5.26 Å². The Hall–Kier alpha value is -1.53. The Labute approximate surface area is 102 Å². The number of nitrogens with zero attached hydrogens (tertiary/aromatic N) is 1. The average molecular weight is 231 g/mol. The Morgan fingerprint density at radius 2 is 2.06 bits per heavy atom. The second-order valence-electron chi connectivity index (χ2n) is 4.74. The van der Waals surface area contributed by atoms with E-state index in [4.69, 9.17) is 9.47 Å². The zero-order valence-electron chi connectivity index (χ0n) is 10.5. The molecule has 2 rings (SSSR count). The lowest BCUT2D eigenvalue weighted by atomic mass is 9.80. The van der Waals surface area contributed by atoms with E-state index in [0.29, 0.717) is 13.2 Å². The van der Waals surface area contributed by atoms with Gasteiger partial charge in [0.25, 0.3) is 0 Å². The molecule has 0 amide bonds. The summed E-state index contributed by atoms with van der Waals surface area (Å²) in [5, 5.41) is 9.20. The van der Waals surface area contributed by atoms with Crippen LogP contribution in [-0.4, -0.2) is 20.3 Å². The third-order valence-corrected chi connectivity index (χ3v) is 3.59. The standard InChI is InChI=1S/C14H17NO2/c1-10-11(2)13(16-3)5-4-12(10)6-14(7-15)8-17-9-14/h4-5H,6,8-9H2,1-3H3. The molecule has 1 aliphatic rings. The van der Waals surface area contributed by atoms with Crippen LogP contribution in [0.3, 0.4) is 0 Å². The van der Waals surface area contributed by atoms with Crippen LogP contribution in [0.4, 0.5) is 0 Å². The summed E-state index contributed by atoms with van der Waals surface area (Å²) in [6.07, 6.45) is 0.764. The van der Waals surface area contributed by atoms with Gasteiger partial charge in [0, 0.05) is 0 Å². The fourth-order valence-corrected chi connectivity index (χ4v) is 2.18. The molecule has 0 saturated carbocycles. The van der Waals surface area contributed by atoms with Gasteiger partial charge in [0.15, 0.2) is 0 Å². The second-order valence-corrected chi connectivity index (χ2v) is 4.74. The summed E-state index contributed by atoms with van der Waals surface area (Å²) in [6, 6.07) is 6.41. The Balaban J connectivity index is 2.29. The van der Waals surface area contributed by atoms with Gasteiger partial charge < -0.3 is 9.47 Å². The summed E-state index contributed by atoms with van der Waals surface area (Å²) in [5.74, 6) is 0.905. The van der Waals surface area contributed by atoms with Crippen LogP contribution in [0.1, 0.15) is 16.7 Å². The maximum Gasteiger partial charge on any atom is 0.122 e. The van der Waals surface area contributed by atoms with Gasteiger partial charge in [-0.05, 0) is 43.0 Å². The fraction of sp³-hybridized carbons (Fsp3) is 0.500. The molecule has 0 unspecified atom stereocenters. The van der Waals surface area contributed by atoms with Gasteiger partial charge in [0.2, 0.25) is 0 Å². The number of rotatable bonds is 3. The normalized spacial score (nSPS) is 17.1. The van der Waals surface area contributed by atoms with E-state index < -0.39 is 0 Å². The van der Waals surface area contributed by atoms with Gasteiger partial charge in [-0.15, -0.1) is 0 Å². The number of hydrogen-bond donors (Lipinski definition) is 0. The largest absolute Gasteiger partial charge is 0.496 e. The molecule has 0 aliphatic carbocycles. The first kappa shape index (κ1) is 11.9. The lowest BCUT2D eigenvalue weighted by molar-refractivity contribution is -0.0766. The first-order valence-corrected chi connectivity index (χ1v) is 5.74. The van der Waals surface area contributed by atoms with Crippen LogP contribution in [0.15, 0.2) is 12.1 Å². The van der Waals surface area contributed by atoms with Crippen molar-refractivity contribution in [1.82, 2.24) is 0 Å². The minimum Gasteiger partial charge on any atom is -0.496 e. The lowest BCUT2D eigenvalue weighted by Crippen LogP contribution is -2.43. The van der Waals surface area contributed by atoms with Gasteiger partial charge in [-0.3, -0.25) is 0 Å². The molecule has 1 fully saturated rings. The highest BCUT2D eigenvalue weighted by atomic mass is 16.5. The highest BCUT2D eigenvalue weighted by molar-refractivity contribution is 5.44. The maximum atomic E-state index is 9.20. The summed E-state index contributed by atoms with van der Waals surface area (Å²) < 4.78 is 10.5. The molecule has 1 heterocycles. The molecule has 0 atom stereocenters. The maximum absolute atomic E-state index is 9.20. The van der Waals surface area contributed by atoms with E-state index in [-0.39, 0.29) is 5.41 Å². The third kappa shape index (κ3) is 2.01. The zero-order chi connectivity index (χ0) is 12.5. The number of ether oxygens (including phenoxy) is 2. The molecule has 0 radical (unpaired) electrons. The van der Waals surface area contributed by atoms with Crippen molar-refractivity contribution in [3.8, 4) is 11.8 Å². The first-order chi connectivity index (χ1) is 8.12. The molecule has 0 aromatic heterocycles. The second kappa shape index (κ2) is 4.38. The van der Waals surface area contributed by atoms with E-state index >= 15 is 0 Å². The van der Waals surface area contributed by atoms with E-state index in [2.05, 4.69) is 19.1 Å². The molecule has 0 bridgehead atoms. The summed E-state index contributed by atoms with van der Waals surface area (Å²) >= 11 is 0. The summed E-state index contributed by atoms with van der Waals surface area (Å²) in [4.78, 5) is 0. The number of nitriles is 1. The van der Waals surface area contributed by atoms with Crippen molar-refractivity contribution >= 4 is 0 Å². The van der Waals surface area contributed by atoms with Crippen LogP contribution in [0.25, 0.3) is 0 Å². The fourth-order valence-electron chi connectivity index (χ4n) is 2.18. The molecule has 1 aliphatic heterocycles. The van der Waals surface area contributed by atoms with Crippen molar-refractivity contribution in [3.63, 3.8) is 0 Å². The van der Waals surface area contributed by atoms with E-state index in [1.165, 1.54) is 11.1 Å². The van der Waals surface area contributed by atoms with Gasteiger partial charge in [0.1, 0.15) is 11.2 Å². The summed E-state index contributed by atoms with van der Waals surface area (Å²) in [5.41, 5.74) is 3.27. The van der Waals surface area contributed by atoms with Crippen molar-refractivity contribution in [2.75, 3.05) is 20.3 Å². The number of methoxy groups -OCH3 is 1. The van der Waals surface area contributed by atoms with E-state index in [9.17, 15) is 5.26 Å². The Morgan fingerprint density at radius 3 is 2.53 bits per heavy atom. The molecule has 1 saturated heterocycles. The minimum absolute atomic E-state index is 0.314. The van der Waals surface area contributed by atoms with Gasteiger partial charge in [0.05, 0.1) is 26.4 Å². The molecule has 90 valence electrons. The molecular formula is C14H17NO2. The van der Waals surface area contributed by atoms with Crippen molar-refractivity contribution in [2.45, 2.75) is 20.3 Å². The third-order valence-electron chi connectivity index (χ3n) is 3.59. The van der Waals surface area contributed by atoms with Crippen LogP contribution in [0.2, 0.25) is 0 Å². The van der Waals surface area contributed by atoms with Crippen LogP contribution in [0, 0.1) is 30.6 Å². The van der Waals surface area contributed by atoms with Crippen molar-refractivity contribution in [2.24, 2.45) is 5.41 Å². The van der Waals surface area contributed by atoms with Crippen molar-refractivity contribution in [3.05, 3.63) is 28.8 Å². The topological polar surface area (TPSA) is 42.2 Å². The predicted molar refractivity (Wildman–Crippen MR) is 65.0 cm³/mol. The van der Waals surface area contributed by atoms with Gasteiger partial charge in [-0.25, -0.2) is 0 Å². The molecule has 0 spiro atoms. The predicted octanol–water partition coefficient (Wildman–Crippen LogP) is 2.39. The lowest BCUT2D eigenvalue weighted by Gasteiger charge is -2.35. The van der Waals surface area contributed by atoms with E-state index in [0.717, 1.165) is 17.7 Å². The summed E-state index contributed by atoms with van der Waals surface area (Å²) in [7, 11) is 1.68. The van der Waals surface area contributed by atoms with Gasteiger partial charge >= 0.3 is 0 Å². The molecule has 1 aromatic carbocycles.